The van der Waals surface area contributed by atoms with Gasteiger partial charge in [0.05, 0.1) is 28.8 Å². The van der Waals surface area contributed by atoms with Crippen LogP contribution < -0.4 is 5.32 Å². The molecule has 0 bridgehead atoms. The largest absolute Gasteiger partial charge is 0.463 e. The molecule has 1 N–H and O–H groups in total. The van der Waals surface area contributed by atoms with E-state index in [1.807, 2.05) is 0 Å². The summed E-state index contributed by atoms with van der Waals surface area (Å²) in [6.45, 7) is 1.91. The van der Waals surface area contributed by atoms with Crippen molar-refractivity contribution in [1.82, 2.24) is 15.1 Å². The standard InChI is InChI=1S/C21H25N5O6/c1-4-32-20(27)18-16(10-11-17(30-2)31-3)23-21(25-13-5-12-22-25)24-19(18)14-6-8-15(9-7-14)26(28)29/h5-9,12-13,16-17H,4,10-11H2,1-3H3,(H,23,24). The predicted octanol–water partition coefficient (Wildman–Crippen LogP) is 2.34. The average molecular weight is 443 g/mol. The molecule has 0 spiro atoms. The fraction of sp³-hybridized carbons (Fsp3) is 0.381. The Balaban J connectivity index is 2.07. The van der Waals surface area contributed by atoms with E-state index in [9.17, 15) is 14.9 Å². The van der Waals surface area contributed by atoms with Crippen LogP contribution in [0.15, 0.2) is 53.3 Å². The van der Waals surface area contributed by atoms with Gasteiger partial charge in [0.1, 0.15) is 0 Å². The number of ether oxygens (including phenoxy) is 3. The molecule has 2 aromatic rings. The van der Waals surface area contributed by atoms with Crippen LogP contribution in [-0.4, -0.2) is 59.8 Å². The maximum atomic E-state index is 13.0. The first-order chi connectivity index (χ1) is 15.5. The fourth-order valence-electron chi connectivity index (χ4n) is 3.36. The van der Waals surface area contributed by atoms with Crippen LogP contribution in [0.1, 0.15) is 25.3 Å². The molecular weight excluding hydrogens is 418 g/mol. The highest BCUT2D eigenvalue weighted by molar-refractivity contribution is 6.05. The van der Waals surface area contributed by atoms with E-state index in [4.69, 9.17) is 19.2 Å². The number of hydrogen-bond donors (Lipinski definition) is 1. The minimum absolute atomic E-state index is 0.0524. The van der Waals surface area contributed by atoms with Gasteiger partial charge in [-0.25, -0.2) is 14.5 Å². The summed E-state index contributed by atoms with van der Waals surface area (Å²) in [4.78, 5) is 28.2. The zero-order valence-electron chi connectivity index (χ0n) is 18.1. The first kappa shape index (κ1) is 23.1. The number of carbonyl (C=O) groups excluding carboxylic acids is 1. The molecule has 0 radical (unpaired) electrons. The fourth-order valence-corrected chi connectivity index (χ4v) is 3.36. The maximum Gasteiger partial charge on any atom is 0.338 e. The number of aliphatic imine (C=N–C) groups is 1. The van der Waals surface area contributed by atoms with Crippen molar-refractivity contribution in [3.63, 3.8) is 0 Å². The Bertz CT molecular complexity index is 996. The number of non-ortho nitro benzene ring substituents is 1. The monoisotopic (exact) mass is 443 g/mol. The normalized spacial score (nSPS) is 16.0. The second-order valence-electron chi connectivity index (χ2n) is 6.84. The highest BCUT2D eigenvalue weighted by Crippen LogP contribution is 2.29. The Morgan fingerprint density at radius 1 is 1.28 bits per heavy atom. The lowest BCUT2D eigenvalue weighted by Gasteiger charge is -2.28. The molecule has 1 aromatic heterocycles. The van der Waals surface area contributed by atoms with Crippen molar-refractivity contribution in [3.8, 4) is 0 Å². The molecule has 11 nitrogen and oxygen atoms in total. The van der Waals surface area contributed by atoms with E-state index >= 15 is 0 Å². The molecule has 1 aliphatic rings. The van der Waals surface area contributed by atoms with Crippen molar-refractivity contribution >= 4 is 23.3 Å². The van der Waals surface area contributed by atoms with Gasteiger partial charge >= 0.3 is 5.97 Å². The van der Waals surface area contributed by atoms with Crippen molar-refractivity contribution in [2.24, 2.45) is 4.99 Å². The Kier molecular flexibility index (Phi) is 7.68. The van der Waals surface area contributed by atoms with Crippen LogP contribution in [-0.2, 0) is 19.0 Å². The molecular formula is C21H25N5O6. The molecule has 0 aliphatic carbocycles. The summed E-state index contributed by atoms with van der Waals surface area (Å²) in [7, 11) is 3.08. The molecule has 170 valence electrons. The summed E-state index contributed by atoms with van der Waals surface area (Å²) in [5.74, 6) is -0.110. The quantitative estimate of drug-likeness (QED) is 0.270. The number of nitro benzene ring substituents is 1. The summed E-state index contributed by atoms with van der Waals surface area (Å²) >= 11 is 0. The summed E-state index contributed by atoms with van der Waals surface area (Å²) < 4.78 is 17.4. The number of esters is 1. The predicted molar refractivity (Wildman–Crippen MR) is 116 cm³/mol. The first-order valence-corrected chi connectivity index (χ1v) is 10.0. The minimum Gasteiger partial charge on any atom is -0.463 e. The SMILES string of the molecule is CCOC(=O)C1=C(c2ccc([N+](=O)[O-])cc2)NC(n2cccn2)=NC1CCC(OC)OC. The van der Waals surface area contributed by atoms with Gasteiger partial charge in [-0.3, -0.25) is 10.1 Å². The highest BCUT2D eigenvalue weighted by Gasteiger charge is 2.32. The van der Waals surface area contributed by atoms with Crippen LogP contribution in [0.5, 0.6) is 0 Å². The number of rotatable bonds is 9. The van der Waals surface area contributed by atoms with Crippen molar-refractivity contribution in [3.05, 3.63) is 64.0 Å². The van der Waals surface area contributed by atoms with Gasteiger partial charge in [-0.2, -0.15) is 5.10 Å². The van der Waals surface area contributed by atoms with Crippen LogP contribution in [0.3, 0.4) is 0 Å². The van der Waals surface area contributed by atoms with Gasteiger partial charge in [-0.1, -0.05) is 0 Å². The summed E-state index contributed by atoms with van der Waals surface area (Å²) in [5, 5.41) is 18.4. The minimum atomic E-state index is -0.576. The molecule has 3 rings (SSSR count). The topological polar surface area (TPSA) is 130 Å². The van der Waals surface area contributed by atoms with E-state index in [-0.39, 0.29) is 12.3 Å². The lowest BCUT2D eigenvalue weighted by molar-refractivity contribution is -0.384. The molecule has 0 saturated heterocycles. The van der Waals surface area contributed by atoms with Crippen LogP contribution in [0, 0.1) is 10.1 Å². The second kappa shape index (κ2) is 10.6. The number of aromatic nitrogens is 2. The molecule has 1 atom stereocenters. The van der Waals surface area contributed by atoms with Crippen LogP contribution in [0.4, 0.5) is 5.69 Å². The number of carbonyl (C=O) groups is 1. The number of nitro groups is 1. The molecule has 0 amide bonds. The van der Waals surface area contributed by atoms with Crippen LogP contribution >= 0.6 is 0 Å². The van der Waals surface area contributed by atoms with Crippen molar-refractivity contribution < 1.29 is 23.9 Å². The van der Waals surface area contributed by atoms with Crippen molar-refractivity contribution in [1.29, 1.82) is 0 Å². The second-order valence-corrected chi connectivity index (χ2v) is 6.84. The Morgan fingerprint density at radius 3 is 2.56 bits per heavy atom. The zero-order chi connectivity index (χ0) is 23.1. The third-order valence-electron chi connectivity index (χ3n) is 4.90. The number of nitrogens with zero attached hydrogens (tertiary/aromatic N) is 4. The number of methoxy groups -OCH3 is 2. The van der Waals surface area contributed by atoms with E-state index < -0.39 is 23.2 Å². The Labute approximate surface area is 184 Å². The van der Waals surface area contributed by atoms with Crippen molar-refractivity contribution in [2.75, 3.05) is 20.8 Å². The van der Waals surface area contributed by atoms with Gasteiger partial charge in [0, 0.05) is 45.2 Å². The molecule has 32 heavy (non-hydrogen) atoms. The molecule has 1 aliphatic heterocycles. The summed E-state index contributed by atoms with van der Waals surface area (Å²) in [6.07, 6.45) is 3.78. The third kappa shape index (κ3) is 5.18. The van der Waals surface area contributed by atoms with E-state index in [2.05, 4.69) is 10.4 Å². The maximum absolute atomic E-state index is 13.0. The highest BCUT2D eigenvalue weighted by atomic mass is 16.7. The van der Waals surface area contributed by atoms with Gasteiger partial charge < -0.3 is 19.5 Å². The van der Waals surface area contributed by atoms with E-state index in [0.29, 0.717) is 35.6 Å². The van der Waals surface area contributed by atoms with Gasteiger partial charge in [0.2, 0.25) is 5.96 Å². The van der Waals surface area contributed by atoms with Gasteiger partial charge in [-0.05, 0) is 37.1 Å². The molecule has 0 saturated carbocycles. The number of benzene rings is 1. The lowest BCUT2D eigenvalue weighted by Crippen LogP contribution is -2.39. The van der Waals surface area contributed by atoms with E-state index in [1.165, 1.54) is 12.1 Å². The molecule has 2 heterocycles. The summed E-state index contributed by atoms with van der Waals surface area (Å²) in [6, 6.07) is 7.10. The van der Waals surface area contributed by atoms with Gasteiger partial charge in [-0.15, -0.1) is 0 Å². The molecule has 1 aromatic carbocycles. The van der Waals surface area contributed by atoms with Gasteiger partial charge in [0.15, 0.2) is 6.29 Å². The first-order valence-electron chi connectivity index (χ1n) is 10.0. The molecule has 1 unspecified atom stereocenters. The zero-order valence-corrected chi connectivity index (χ0v) is 18.1. The molecule has 11 heteroatoms. The summed E-state index contributed by atoms with van der Waals surface area (Å²) in [5.41, 5.74) is 1.31. The van der Waals surface area contributed by atoms with Crippen LogP contribution in [0.2, 0.25) is 0 Å². The smallest absolute Gasteiger partial charge is 0.338 e. The van der Waals surface area contributed by atoms with E-state index in [0.717, 1.165) is 0 Å². The van der Waals surface area contributed by atoms with E-state index in [1.54, 1.807) is 56.4 Å². The number of nitrogens with one attached hydrogen (secondary N) is 1. The third-order valence-corrected chi connectivity index (χ3v) is 4.90. The number of hydrogen-bond acceptors (Lipinski definition) is 9. The average Bonchev–Trinajstić information content (AvgIpc) is 3.34. The molecule has 0 fully saturated rings. The van der Waals surface area contributed by atoms with Crippen molar-refractivity contribution in [2.45, 2.75) is 32.1 Å². The Morgan fingerprint density at radius 2 is 2.00 bits per heavy atom. The van der Waals surface area contributed by atoms with Crippen LogP contribution in [0.25, 0.3) is 5.70 Å². The Hall–Kier alpha value is -3.57. The van der Waals surface area contributed by atoms with Gasteiger partial charge in [0.25, 0.3) is 5.69 Å². The lowest BCUT2D eigenvalue weighted by atomic mass is 9.95.